The third-order valence-corrected chi connectivity index (χ3v) is 5.03. The first kappa shape index (κ1) is 16.3. The van der Waals surface area contributed by atoms with Crippen LogP contribution >= 0.6 is 27.5 Å². The highest BCUT2D eigenvalue weighted by molar-refractivity contribution is 9.10. The Kier molecular flexibility index (Phi) is 4.91. The van der Waals surface area contributed by atoms with Crippen LogP contribution in [0, 0.1) is 5.82 Å². The maximum atomic E-state index is 13.0. The highest BCUT2D eigenvalue weighted by atomic mass is 79.9. The molecule has 0 radical (unpaired) electrons. The van der Waals surface area contributed by atoms with Gasteiger partial charge in [-0.1, -0.05) is 33.6 Å². The van der Waals surface area contributed by atoms with Gasteiger partial charge in [0.2, 0.25) is 0 Å². The highest BCUT2D eigenvalue weighted by Gasteiger charge is 2.10. The SMILES string of the molecule is CS(=O)(=O)c1ccc(Cl)c(NCc2ccc(F)cc2Br)c1. The summed E-state index contributed by atoms with van der Waals surface area (Å²) in [5, 5.41) is 3.47. The number of halogens is 3. The van der Waals surface area contributed by atoms with Gasteiger partial charge >= 0.3 is 0 Å². The molecular weight excluding hydrogens is 381 g/mol. The van der Waals surface area contributed by atoms with Crippen molar-refractivity contribution in [2.75, 3.05) is 11.6 Å². The lowest BCUT2D eigenvalue weighted by molar-refractivity contribution is 0.602. The molecule has 0 atom stereocenters. The maximum Gasteiger partial charge on any atom is 0.175 e. The molecule has 0 aliphatic carbocycles. The van der Waals surface area contributed by atoms with Crippen LogP contribution in [0.5, 0.6) is 0 Å². The predicted molar refractivity (Wildman–Crippen MR) is 86.0 cm³/mol. The molecule has 0 bridgehead atoms. The van der Waals surface area contributed by atoms with Gasteiger partial charge in [-0.15, -0.1) is 0 Å². The molecule has 2 aromatic rings. The first-order valence-electron chi connectivity index (χ1n) is 5.95. The Labute approximate surface area is 136 Å². The van der Waals surface area contributed by atoms with Crippen LogP contribution in [0.15, 0.2) is 45.8 Å². The lowest BCUT2D eigenvalue weighted by atomic mass is 10.2. The highest BCUT2D eigenvalue weighted by Crippen LogP contribution is 2.27. The molecule has 0 heterocycles. The van der Waals surface area contributed by atoms with E-state index in [2.05, 4.69) is 21.2 Å². The summed E-state index contributed by atoms with van der Waals surface area (Å²) in [6.07, 6.45) is 1.14. The van der Waals surface area contributed by atoms with Crippen molar-refractivity contribution < 1.29 is 12.8 Å². The van der Waals surface area contributed by atoms with Crippen molar-refractivity contribution in [2.45, 2.75) is 11.4 Å². The van der Waals surface area contributed by atoms with Crippen molar-refractivity contribution in [3.05, 3.63) is 57.3 Å². The molecule has 21 heavy (non-hydrogen) atoms. The van der Waals surface area contributed by atoms with Gasteiger partial charge in [0.05, 0.1) is 15.6 Å². The number of hydrogen-bond donors (Lipinski definition) is 1. The standard InChI is InChI=1S/C14H12BrClFNO2S/c1-21(19,20)11-4-5-13(16)14(7-11)18-8-9-2-3-10(17)6-12(9)15/h2-7,18H,8H2,1H3. The summed E-state index contributed by atoms with van der Waals surface area (Å²) in [7, 11) is -3.30. The number of nitrogens with one attached hydrogen (secondary N) is 1. The van der Waals surface area contributed by atoms with E-state index in [4.69, 9.17) is 11.6 Å². The van der Waals surface area contributed by atoms with Crippen LogP contribution in [0.4, 0.5) is 10.1 Å². The summed E-state index contributed by atoms with van der Waals surface area (Å²) in [5.74, 6) is -0.331. The van der Waals surface area contributed by atoms with E-state index in [0.717, 1.165) is 11.8 Å². The Balaban J connectivity index is 2.23. The molecule has 0 aromatic heterocycles. The summed E-state index contributed by atoms with van der Waals surface area (Å²) in [6, 6.07) is 8.83. The average Bonchev–Trinajstić information content (AvgIpc) is 2.38. The smallest absolute Gasteiger partial charge is 0.175 e. The summed E-state index contributed by atoms with van der Waals surface area (Å²) < 4.78 is 36.7. The van der Waals surface area contributed by atoms with Gasteiger partial charge in [-0.2, -0.15) is 0 Å². The van der Waals surface area contributed by atoms with E-state index in [1.54, 1.807) is 6.07 Å². The normalized spacial score (nSPS) is 11.4. The minimum Gasteiger partial charge on any atom is -0.380 e. The molecule has 7 heteroatoms. The zero-order valence-electron chi connectivity index (χ0n) is 11.0. The summed E-state index contributed by atoms with van der Waals surface area (Å²) >= 11 is 9.33. The Hall–Kier alpha value is -1.11. The molecule has 0 spiro atoms. The molecule has 2 aromatic carbocycles. The van der Waals surface area contributed by atoms with Crippen molar-refractivity contribution in [3.8, 4) is 0 Å². The third-order valence-electron chi connectivity index (χ3n) is 2.85. The second-order valence-electron chi connectivity index (χ2n) is 4.50. The minimum atomic E-state index is -3.30. The van der Waals surface area contributed by atoms with E-state index in [-0.39, 0.29) is 10.7 Å². The Morgan fingerprint density at radius 2 is 1.95 bits per heavy atom. The lowest BCUT2D eigenvalue weighted by Gasteiger charge is -2.11. The van der Waals surface area contributed by atoms with Gasteiger partial charge < -0.3 is 5.32 Å². The van der Waals surface area contributed by atoms with E-state index in [1.807, 2.05) is 0 Å². The first-order chi connectivity index (χ1) is 9.77. The maximum absolute atomic E-state index is 13.0. The Morgan fingerprint density at radius 3 is 2.57 bits per heavy atom. The summed E-state index contributed by atoms with van der Waals surface area (Å²) in [4.78, 5) is 0.188. The topological polar surface area (TPSA) is 46.2 Å². The molecule has 0 saturated carbocycles. The molecule has 0 fully saturated rings. The van der Waals surface area contributed by atoms with Gasteiger partial charge in [0.25, 0.3) is 0 Å². The van der Waals surface area contributed by atoms with Crippen LogP contribution in [0.1, 0.15) is 5.56 Å². The molecule has 0 saturated heterocycles. The zero-order chi connectivity index (χ0) is 15.6. The van der Waals surface area contributed by atoms with Crippen LogP contribution in [-0.2, 0) is 16.4 Å². The van der Waals surface area contributed by atoms with Gasteiger partial charge in [-0.25, -0.2) is 12.8 Å². The molecule has 1 N–H and O–H groups in total. The average molecular weight is 393 g/mol. The van der Waals surface area contributed by atoms with Crippen LogP contribution in [0.2, 0.25) is 5.02 Å². The number of hydrogen-bond acceptors (Lipinski definition) is 3. The monoisotopic (exact) mass is 391 g/mol. The lowest BCUT2D eigenvalue weighted by Crippen LogP contribution is -2.03. The van der Waals surface area contributed by atoms with Crippen LogP contribution in [0.25, 0.3) is 0 Å². The molecule has 3 nitrogen and oxygen atoms in total. The summed E-state index contributed by atoms with van der Waals surface area (Å²) in [6.45, 7) is 0.383. The van der Waals surface area contributed by atoms with Crippen molar-refractivity contribution in [1.82, 2.24) is 0 Å². The van der Waals surface area contributed by atoms with Crippen molar-refractivity contribution in [2.24, 2.45) is 0 Å². The number of benzene rings is 2. The van der Waals surface area contributed by atoms with E-state index in [9.17, 15) is 12.8 Å². The van der Waals surface area contributed by atoms with Gasteiger partial charge in [0, 0.05) is 17.3 Å². The van der Waals surface area contributed by atoms with Crippen LogP contribution < -0.4 is 5.32 Å². The fourth-order valence-corrected chi connectivity index (χ4v) is 3.05. The quantitative estimate of drug-likeness (QED) is 0.846. The van der Waals surface area contributed by atoms with Crippen molar-refractivity contribution in [1.29, 1.82) is 0 Å². The zero-order valence-corrected chi connectivity index (χ0v) is 14.2. The predicted octanol–water partition coefficient (Wildman–Crippen LogP) is 4.26. The number of anilines is 1. The molecule has 2 rings (SSSR count). The van der Waals surface area contributed by atoms with E-state index < -0.39 is 9.84 Å². The Bertz CT molecular complexity index is 781. The molecule has 112 valence electrons. The Morgan fingerprint density at radius 1 is 1.24 bits per heavy atom. The molecule has 0 aliphatic heterocycles. The third kappa shape index (κ3) is 4.18. The van der Waals surface area contributed by atoms with Gasteiger partial charge in [0.15, 0.2) is 9.84 Å². The molecular formula is C14H12BrClFNO2S. The van der Waals surface area contributed by atoms with E-state index in [1.165, 1.54) is 30.3 Å². The fourth-order valence-electron chi connectivity index (χ4n) is 1.73. The largest absolute Gasteiger partial charge is 0.380 e. The van der Waals surface area contributed by atoms with E-state index >= 15 is 0 Å². The number of rotatable bonds is 4. The summed E-state index contributed by atoms with van der Waals surface area (Å²) in [5.41, 5.74) is 1.34. The second kappa shape index (κ2) is 6.34. The molecule has 0 unspecified atom stereocenters. The van der Waals surface area contributed by atoms with Crippen LogP contribution in [0.3, 0.4) is 0 Å². The van der Waals surface area contributed by atoms with Gasteiger partial charge in [-0.3, -0.25) is 0 Å². The molecule has 0 amide bonds. The second-order valence-corrected chi connectivity index (χ2v) is 7.78. The minimum absolute atomic E-state index is 0.188. The van der Waals surface area contributed by atoms with Crippen LogP contribution in [-0.4, -0.2) is 14.7 Å². The molecule has 0 aliphatic rings. The van der Waals surface area contributed by atoms with Gasteiger partial charge in [-0.05, 0) is 35.9 Å². The van der Waals surface area contributed by atoms with E-state index in [0.29, 0.717) is 21.7 Å². The number of sulfone groups is 1. The fraction of sp³-hybridized carbons (Fsp3) is 0.143. The van der Waals surface area contributed by atoms with Gasteiger partial charge in [0.1, 0.15) is 5.82 Å². The van der Waals surface area contributed by atoms with Crippen molar-refractivity contribution in [3.63, 3.8) is 0 Å². The first-order valence-corrected chi connectivity index (χ1v) is 9.01. The van der Waals surface area contributed by atoms with Crippen molar-refractivity contribution >= 4 is 43.1 Å².